The fourth-order valence-electron chi connectivity index (χ4n) is 2.67. The van der Waals surface area contributed by atoms with Gasteiger partial charge in [-0.2, -0.15) is 0 Å². The lowest BCUT2D eigenvalue weighted by Gasteiger charge is -2.21. The van der Waals surface area contributed by atoms with Crippen molar-refractivity contribution in [2.24, 2.45) is 5.73 Å². The van der Waals surface area contributed by atoms with E-state index >= 15 is 0 Å². The van der Waals surface area contributed by atoms with Gasteiger partial charge in [0.25, 0.3) is 5.69 Å². The largest absolute Gasteiger partial charge is 0.496 e. The second-order valence-electron chi connectivity index (χ2n) is 5.99. The monoisotopic (exact) mass is 372 g/mol. The molecule has 0 heterocycles. The highest BCUT2D eigenvalue weighted by molar-refractivity contribution is 5.94. The minimum Gasteiger partial charge on any atom is -0.496 e. The third kappa shape index (κ3) is 6.36. The van der Waals surface area contributed by atoms with E-state index in [2.05, 4.69) is 5.32 Å². The van der Waals surface area contributed by atoms with Gasteiger partial charge in [-0.05, 0) is 24.1 Å². The number of nitrogens with one attached hydrogen (secondary N) is 1. The van der Waals surface area contributed by atoms with E-state index in [1.165, 1.54) is 24.8 Å². The van der Waals surface area contributed by atoms with Gasteiger partial charge < -0.3 is 15.8 Å². The molecular weight excluding hydrogens is 348 g/mol. The predicted octanol–water partition coefficient (Wildman–Crippen LogP) is 2.05. The lowest BCUT2D eigenvalue weighted by atomic mass is 10.1. The Morgan fingerprint density at radius 2 is 1.96 bits per heavy atom. The summed E-state index contributed by atoms with van der Waals surface area (Å²) in [6, 6.07) is 14.3. The molecule has 27 heavy (non-hydrogen) atoms. The Morgan fingerprint density at radius 3 is 2.59 bits per heavy atom. The molecule has 2 aromatic carbocycles. The molecule has 0 fully saturated rings. The topological polar surface area (TPSA) is 111 Å². The molecule has 3 N–H and O–H groups in total. The van der Waals surface area contributed by atoms with E-state index in [4.69, 9.17) is 10.5 Å². The molecule has 0 unspecified atom stereocenters. The number of ether oxygens (including phenoxy) is 1. The Labute approximate surface area is 158 Å². The summed E-state index contributed by atoms with van der Waals surface area (Å²) in [4.78, 5) is 25.0. The third-order valence-corrected chi connectivity index (χ3v) is 4.05. The zero-order valence-electron chi connectivity index (χ0n) is 15.3. The van der Waals surface area contributed by atoms with Crippen LogP contribution in [0.15, 0.2) is 48.5 Å². The van der Waals surface area contributed by atoms with Crippen molar-refractivity contribution in [3.63, 3.8) is 0 Å². The van der Waals surface area contributed by atoms with E-state index in [-0.39, 0.29) is 23.8 Å². The van der Waals surface area contributed by atoms with Crippen LogP contribution in [-0.4, -0.2) is 49.0 Å². The van der Waals surface area contributed by atoms with Crippen LogP contribution in [0.4, 0.5) is 11.4 Å². The van der Waals surface area contributed by atoms with Crippen molar-refractivity contribution < 1.29 is 14.5 Å². The molecule has 144 valence electrons. The number of rotatable bonds is 10. The van der Waals surface area contributed by atoms with Gasteiger partial charge in [0.05, 0.1) is 24.6 Å². The van der Waals surface area contributed by atoms with Gasteiger partial charge in [-0.15, -0.1) is 0 Å². The molecule has 0 spiro atoms. The highest BCUT2D eigenvalue weighted by atomic mass is 16.6. The lowest BCUT2D eigenvalue weighted by molar-refractivity contribution is -0.384. The number of carbonyl (C=O) groups is 1. The van der Waals surface area contributed by atoms with Gasteiger partial charge in [0.2, 0.25) is 5.91 Å². The number of hydrogen-bond donors (Lipinski definition) is 2. The number of methoxy groups -OCH3 is 1. The van der Waals surface area contributed by atoms with Crippen molar-refractivity contribution in [2.75, 3.05) is 38.6 Å². The minimum atomic E-state index is -0.550. The van der Waals surface area contributed by atoms with Gasteiger partial charge in [-0.25, -0.2) is 0 Å². The maximum Gasteiger partial charge on any atom is 0.296 e. The summed E-state index contributed by atoms with van der Waals surface area (Å²) in [6.07, 6.45) is 0.788. The molecule has 0 saturated heterocycles. The first kappa shape index (κ1) is 20.3. The molecular formula is C19H24N4O4. The molecule has 0 aromatic heterocycles. The molecule has 0 radical (unpaired) electrons. The average Bonchev–Trinajstić information content (AvgIpc) is 2.67. The summed E-state index contributed by atoms with van der Waals surface area (Å²) in [5.74, 6) is 0.0251. The number of anilines is 1. The summed E-state index contributed by atoms with van der Waals surface area (Å²) >= 11 is 0. The van der Waals surface area contributed by atoms with E-state index < -0.39 is 4.92 Å². The maximum atomic E-state index is 12.4. The number of hydrogen-bond acceptors (Lipinski definition) is 6. The van der Waals surface area contributed by atoms with Gasteiger partial charge in [0.1, 0.15) is 11.4 Å². The van der Waals surface area contributed by atoms with Crippen molar-refractivity contribution in [1.82, 2.24) is 4.90 Å². The predicted molar refractivity (Wildman–Crippen MR) is 104 cm³/mol. The highest BCUT2D eigenvalue weighted by Gasteiger charge is 2.18. The van der Waals surface area contributed by atoms with Gasteiger partial charge in [0.15, 0.2) is 0 Å². The maximum absolute atomic E-state index is 12.4. The Bertz CT molecular complexity index is 768. The summed E-state index contributed by atoms with van der Waals surface area (Å²) in [6.45, 7) is 1.75. The standard InChI is InChI=1S/C19H24N4O4/c1-27-16-7-8-17(18(13-16)23(25)26)21-19(24)14-22(12-10-20)11-9-15-5-3-2-4-6-15/h2-8,13H,9-12,14,20H2,1H3,(H,21,24). The van der Waals surface area contributed by atoms with Crippen LogP contribution >= 0.6 is 0 Å². The molecule has 0 atom stereocenters. The highest BCUT2D eigenvalue weighted by Crippen LogP contribution is 2.28. The zero-order chi connectivity index (χ0) is 19.6. The van der Waals surface area contributed by atoms with Crippen molar-refractivity contribution in [3.8, 4) is 5.75 Å². The average molecular weight is 372 g/mol. The van der Waals surface area contributed by atoms with Crippen LogP contribution in [0.2, 0.25) is 0 Å². The van der Waals surface area contributed by atoms with Gasteiger partial charge in [-0.1, -0.05) is 30.3 Å². The first-order valence-corrected chi connectivity index (χ1v) is 8.62. The Balaban J connectivity index is 2.00. The summed E-state index contributed by atoms with van der Waals surface area (Å²) in [7, 11) is 1.43. The first-order chi connectivity index (χ1) is 13.0. The molecule has 0 bridgehead atoms. The Kier molecular flexibility index (Phi) is 7.72. The number of benzene rings is 2. The van der Waals surface area contributed by atoms with Crippen LogP contribution in [0.1, 0.15) is 5.56 Å². The summed E-state index contributed by atoms with van der Waals surface area (Å²) in [5, 5.41) is 13.8. The van der Waals surface area contributed by atoms with Crippen LogP contribution < -0.4 is 15.8 Å². The summed E-state index contributed by atoms with van der Waals surface area (Å²) in [5.41, 5.74) is 6.75. The molecule has 1 amide bonds. The van der Waals surface area contributed by atoms with E-state index in [9.17, 15) is 14.9 Å². The smallest absolute Gasteiger partial charge is 0.296 e. The molecule has 0 aliphatic carbocycles. The van der Waals surface area contributed by atoms with Gasteiger partial charge in [-0.3, -0.25) is 19.8 Å². The molecule has 0 saturated carbocycles. The summed E-state index contributed by atoms with van der Waals surface area (Å²) < 4.78 is 5.00. The van der Waals surface area contributed by atoms with Crippen molar-refractivity contribution >= 4 is 17.3 Å². The van der Waals surface area contributed by atoms with Crippen molar-refractivity contribution in [1.29, 1.82) is 0 Å². The number of amides is 1. The van der Waals surface area contributed by atoms with Gasteiger partial charge in [0, 0.05) is 19.6 Å². The fourth-order valence-corrected chi connectivity index (χ4v) is 2.67. The SMILES string of the molecule is COc1ccc(NC(=O)CN(CCN)CCc2ccccc2)c([N+](=O)[O-])c1. The number of nitro groups is 1. The quantitative estimate of drug-likeness (QED) is 0.488. The first-order valence-electron chi connectivity index (χ1n) is 8.62. The number of nitro benzene ring substituents is 1. The fraction of sp³-hybridized carbons (Fsp3) is 0.316. The van der Waals surface area contributed by atoms with Crippen LogP contribution in [0.25, 0.3) is 0 Å². The Morgan fingerprint density at radius 1 is 1.22 bits per heavy atom. The van der Waals surface area contributed by atoms with Crippen LogP contribution in [0.3, 0.4) is 0 Å². The molecule has 2 aromatic rings. The Hall–Kier alpha value is -2.97. The normalized spacial score (nSPS) is 10.6. The van der Waals surface area contributed by atoms with Crippen molar-refractivity contribution in [3.05, 3.63) is 64.2 Å². The van der Waals surface area contributed by atoms with E-state index in [0.717, 1.165) is 6.42 Å². The van der Waals surface area contributed by atoms with Crippen LogP contribution in [0.5, 0.6) is 5.75 Å². The molecule has 8 heteroatoms. The molecule has 0 aliphatic rings. The number of nitrogens with zero attached hydrogens (tertiary/aromatic N) is 2. The van der Waals surface area contributed by atoms with Gasteiger partial charge >= 0.3 is 0 Å². The third-order valence-electron chi connectivity index (χ3n) is 4.05. The van der Waals surface area contributed by atoms with Crippen LogP contribution in [-0.2, 0) is 11.2 Å². The van der Waals surface area contributed by atoms with Crippen LogP contribution in [0, 0.1) is 10.1 Å². The second kappa shape index (κ2) is 10.2. The molecule has 0 aliphatic heterocycles. The second-order valence-corrected chi connectivity index (χ2v) is 5.99. The number of carbonyl (C=O) groups excluding carboxylic acids is 1. The number of nitrogens with two attached hydrogens (primary N) is 1. The van der Waals surface area contributed by atoms with E-state index in [0.29, 0.717) is 25.4 Å². The zero-order valence-corrected chi connectivity index (χ0v) is 15.3. The van der Waals surface area contributed by atoms with E-state index in [1.54, 1.807) is 6.07 Å². The van der Waals surface area contributed by atoms with E-state index in [1.807, 2.05) is 35.2 Å². The minimum absolute atomic E-state index is 0.104. The molecule has 2 rings (SSSR count). The van der Waals surface area contributed by atoms with Crippen molar-refractivity contribution in [2.45, 2.75) is 6.42 Å². The lowest BCUT2D eigenvalue weighted by Crippen LogP contribution is -2.38. The molecule has 8 nitrogen and oxygen atoms in total.